The molecule has 1 amide bonds. The molecule has 0 atom stereocenters. The Morgan fingerprint density at radius 3 is 2.55 bits per heavy atom. The maximum atomic E-state index is 11.8. The van der Waals surface area contributed by atoms with Crippen LogP contribution in [0.4, 0.5) is 16.2 Å². The number of amides is 1. The highest BCUT2D eigenvalue weighted by Crippen LogP contribution is 2.20. The van der Waals surface area contributed by atoms with Crippen molar-refractivity contribution in [2.75, 3.05) is 11.9 Å². The quantitative estimate of drug-likeness (QED) is 0.673. The van der Waals surface area contributed by atoms with Gasteiger partial charge in [0.2, 0.25) is 0 Å². The molecule has 0 radical (unpaired) electrons. The molecule has 0 aromatic heterocycles. The number of hydrogen-bond donors (Lipinski definition) is 1. The van der Waals surface area contributed by atoms with Crippen molar-refractivity contribution in [3.8, 4) is 11.5 Å². The summed E-state index contributed by atoms with van der Waals surface area (Å²) in [5, 5.41) is 13.1. The normalized spacial score (nSPS) is 9.86. The number of non-ortho nitro benzene ring substituents is 1. The number of carbonyl (C=O) groups excluding carboxylic acids is 1. The number of carbonyl (C=O) groups is 1. The number of nitro groups is 1. The van der Waals surface area contributed by atoms with Gasteiger partial charge in [-0.25, -0.2) is 4.79 Å². The molecule has 7 nitrogen and oxygen atoms in total. The van der Waals surface area contributed by atoms with Gasteiger partial charge in [0.15, 0.2) is 0 Å². The molecule has 0 heterocycles. The van der Waals surface area contributed by atoms with E-state index < -0.39 is 11.0 Å². The molecule has 114 valence electrons. The van der Waals surface area contributed by atoms with Crippen LogP contribution in [0.15, 0.2) is 48.5 Å². The summed E-state index contributed by atoms with van der Waals surface area (Å²) in [7, 11) is 0. The average Bonchev–Trinajstić information content (AvgIpc) is 2.48. The summed E-state index contributed by atoms with van der Waals surface area (Å²) in [6.07, 6.45) is -0.692. The van der Waals surface area contributed by atoms with Crippen LogP contribution in [0, 0.1) is 10.1 Å². The first-order valence-electron chi connectivity index (χ1n) is 6.54. The molecule has 0 bridgehead atoms. The second-order valence-electron chi connectivity index (χ2n) is 4.23. The van der Waals surface area contributed by atoms with Crippen molar-refractivity contribution >= 4 is 17.5 Å². The lowest BCUT2D eigenvalue weighted by molar-refractivity contribution is -0.384. The lowest BCUT2D eigenvalue weighted by atomic mass is 10.3. The topological polar surface area (TPSA) is 90.7 Å². The minimum atomic E-state index is -0.692. The molecule has 7 heteroatoms. The van der Waals surface area contributed by atoms with E-state index in [0.717, 1.165) is 0 Å². The number of nitrogens with one attached hydrogen (secondary N) is 1. The van der Waals surface area contributed by atoms with E-state index in [1.165, 1.54) is 24.3 Å². The Bertz CT molecular complexity index is 670. The van der Waals surface area contributed by atoms with Gasteiger partial charge in [0.25, 0.3) is 5.69 Å². The number of nitro benzene ring substituents is 1. The molecule has 2 aromatic rings. The van der Waals surface area contributed by atoms with Gasteiger partial charge in [-0.05, 0) is 31.2 Å². The Balaban J connectivity index is 1.97. The van der Waals surface area contributed by atoms with Crippen LogP contribution in [0.5, 0.6) is 11.5 Å². The average molecular weight is 302 g/mol. The summed E-state index contributed by atoms with van der Waals surface area (Å²) in [6.45, 7) is 2.39. The minimum Gasteiger partial charge on any atom is -0.494 e. The first-order valence-corrected chi connectivity index (χ1v) is 6.54. The molecule has 0 aliphatic carbocycles. The summed E-state index contributed by atoms with van der Waals surface area (Å²) in [4.78, 5) is 21.8. The monoisotopic (exact) mass is 302 g/mol. The fraction of sp³-hybridized carbons (Fsp3) is 0.133. The Morgan fingerprint density at radius 2 is 1.91 bits per heavy atom. The summed E-state index contributed by atoms with van der Waals surface area (Å²) in [6, 6.07) is 12.1. The van der Waals surface area contributed by atoms with E-state index in [1.807, 2.05) is 6.92 Å². The third kappa shape index (κ3) is 4.20. The molecular weight excluding hydrogens is 288 g/mol. The molecule has 22 heavy (non-hydrogen) atoms. The second-order valence-corrected chi connectivity index (χ2v) is 4.23. The van der Waals surface area contributed by atoms with E-state index in [4.69, 9.17) is 9.47 Å². The van der Waals surface area contributed by atoms with E-state index >= 15 is 0 Å². The Morgan fingerprint density at radius 1 is 1.18 bits per heavy atom. The van der Waals surface area contributed by atoms with Gasteiger partial charge in [-0.15, -0.1) is 0 Å². The van der Waals surface area contributed by atoms with Gasteiger partial charge >= 0.3 is 6.09 Å². The van der Waals surface area contributed by atoms with Crippen LogP contribution >= 0.6 is 0 Å². The predicted octanol–water partition coefficient (Wildman–Crippen LogP) is 3.60. The zero-order chi connectivity index (χ0) is 15.9. The van der Waals surface area contributed by atoms with Crippen LogP contribution < -0.4 is 14.8 Å². The second kappa shape index (κ2) is 7.07. The van der Waals surface area contributed by atoms with Crippen LogP contribution in [0.3, 0.4) is 0 Å². The van der Waals surface area contributed by atoms with E-state index in [0.29, 0.717) is 18.0 Å². The maximum absolute atomic E-state index is 11.8. The molecule has 2 aromatic carbocycles. The third-order valence-electron chi connectivity index (χ3n) is 2.65. The molecule has 0 unspecified atom stereocenters. The number of ether oxygens (including phenoxy) is 2. The van der Waals surface area contributed by atoms with Gasteiger partial charge in [-0.1, -0.05) is 6.07 Å². The first-order chi connectivity index (χ1) is 10.6. The SMILES string of the molecule is CCOc1cccc(NC(=O)Oc2ccc([N+](=O)[O-])cc2)c1. The molecule has 1 N–H and O–H groups in total. The number of rotatable bonds is 5. The Hall–Kier alpha value is -3.09. The van der Waals surface area contributed by atoms with E-state index in [2.05, 4.69) is 5.32 Å². The molecule has 0 saturated heterocycles. The van der Waals surface area contributed by atoms with Gasteiger partial charge in [0.05, 0.1) is 11.5 Å². The lowest BCUT2D eigenvalue weighted by Crippen LogP contribution is -2.16. The van der Waals surface area contributed by atoms with Crippen molar-refractivity contribution in [2.24, 2.45) is 0 Å². The van der Waals surface area contributed by atoms with E-state index in [9.17, 15) is 14.9 Å². The Labute approximate surface area is 126 Å². The lowest BCUT2D eigenvalue weighted by Gasteiger charge is -2.08. The molecule has 0 saturated carbocycles. The maximum Gasteiger partial charge on any atom is 0.417 e. The van der Waals surface area contributed by atoms with Gasteiger partial charge in [0, 0.05) is 23.9 Å². The molecule has 2 rings (SSSR count). The molecule has 0 aliphatic heterocycles. The summed E-state index contributed by atoms with van der Waals surface area (Å²) >= 11 is 0. The zero-order valence-electron chi connectivity index (χ0n) is 11.8. The zero-order valence-corrected chi connectivity index (χ0v) is 11.8. The summed E-state index contributed by atoms with van der Waals surface area (Å²) in [5.41, 5.74) is 0.454. The van der Waals surface area contributed by atoms with Crippen LogP contribution in [0.25, 0.3) is 0 Å². The standard InChI is InChI=1S/C15H14N2O5/c1-2-21-14-5-3-4-11(10-14)16-15(18)22-13-8-6-12(7-9-13)17(19)20/h3-10H,2H2,1H3,(H,16,18). The first kappa shape index (κ1) is 15.3. The van der Waals surface area contributed by atoms with Crippen molar-refractivity contribution in [1.29, 1.82) is 0 Å². The highest BCUT2D eigenvalue weighted by Gasteiger charge is 2.08. The van der Waals surface area contributed by atoms with Crippen molar-refractivity contribution in [2.45, 2.75) is 6.92 Å². The fourth-order valence-corrected chi connectivity index (χ4v) is 1.72. The summed E-state index contributed by atoms with van der Waals surface area (Å²) in [5.74, 6) is 0.847. The van der Waals surface area contributed by atoms with E-state index in [-0.39, 0.29) is 11.4 Å². The number of nitrogens with zero attached hydrogens (tertiary/aromatic N) is 1. The molecule has 0 fully saturated rings. The number of anilines is 1. The van der Waals surface area contributed by atoms with Crippen molar-refractivity contribution in [1.82, 2.24) is 0 Å². The number of benzene rings is 2. The van der Waals surface area contributed by atoms with Gasteiger partial charge in [0.1, 0.15) is 11.5 Å². The highest BCUT2D eigenvalue weighted by molar-refractivity contribution is 5.86. The van der Waals surface area contributed by atoms with Crippen LogP contribution in [-0.2, 0) is 0 Å². The van der Waals surface area contributed by atoms with Gasteiger partial charge < -0.3 is 9.47 Å². The third-order valence-corrected chi connectivity index (χ3v) is 2.65. The number of hydrogen-bond acceptors (Lipinski definition) is 5. The van der Waals surface area contributed by atoms with Crippen LogP contribution in [0.1, 0.15) is 6.92 Å². The molecule has 0 spiro atoms. The summed E-state index contributed by atoms with van der Waals surface area (Å²) < 4.78 is 10.4. The van der Waals surface area contributed by atoms with Crippen molar-refractivity contribution in [3.05, 3.63) is 58.6 Å². The van der Waals surface area contributed by atoms with Gasteiger partial charge in [-0.3, -0.25) is 15.4 Å². The molecule has 0 aliphatic rings. The highest BCUT2D eigenvalue weighted by atomic mass is 16.6. The van der Waals surface area contributed by atoms with Crippen molar-refractivity contribution in [3.63, 3.8) is 0 Å². The van der Waals surface area contributed by atoms with Gasteiger partial charge in [-0.2, -0.15) is 0 Å². The molecular formula is C15H14N2O5. The smallest absolute Gasteiger partial charge is 0.417 e. The largest absolute Gasteiger partial charge is 0.494 e. The van der Waals surface area contributed by atoms with Crippen LogP contribution in [0.2, 0.25) is 0 Å². The van der Waals surface area contributed by atoms with Crippen molar-refractivity contribution < 1.29 is 19.2 Å². The van der Waals surface area contributed by atoms with Crippen LogP contribution in [-0.4, -0.2) is 17.6 Å². The van der Waals surface area contributed by atoms with E-state index in [1.54, 1.807) is 24.3 Å². The predicted molar refractivity (Wildman–Crippen MR) is 80.4 cm³/mol. The minimum absolute atomic E-state index is 0.0721. The Kier molecular flexibility index (Phi) is 4.92. The fourth-order valence-electron chi connectivity index (χ4n) is 1.72.